The van der Waals surface area contributed by atoms with Crippen LogP contribution in [0.5, 0.6) is 0 Å². The summed E-state index contributed by atoms with van der Waals surface area (Å²) in [5.74, 6) is 0.627. The summed E-state index contributed by atoms with van der Waals surface area (Å²) < 4.78 is 0. The number of fused-ring (bicyclic) bond motifs is 2. The highest BCUT2D eigenvalue weighted by atomic mass is 16.3. The van der Waals surface area contributed by atoms with Crippen molar-refractivity contribution in [1.82, 2.24) is 9.88 Å². The number of carbonyl (C=O) groups excluding carboxylic acids is 1. The Hall–Kier alpha value is -1.94. The number of hydrogen-bond acceptors (Lipinski definition) is 3. The van der Waals surface area contributed by atoms with E-state index in [2.05, 4.69) is 11.9 Å². The second-order valence-corrected chi connectivity index (χ2v) is 7.34. The predicted octanol–water partition coefficient (Wildman–Crippen LogP) is 3.25. The van der Waals surface area contributed by atoms with Gasteiger partial charge in [0.15, 0.2) is 0 Å². The lowest BCUT2D eigenvalue weighted by molar-refractivity contribution is -0.0609. The molecule has 1 aliphatic heterocycles. The minimum Gasteiger partial charge on any atom is -0.390 e. The highest BCUT2D eigenvalue weighted by Crippen LogP contribution is 2.44. The molecule has 1 aliphatic carbocycles. The van der Waals surface area contributed by atoms with Gasteiger partial charge >= 0.3 is 0 Å². The molecule has 0 bridgehead atoms. The van der Waals surface area contributed by atoms with Crippen molar-refractivity contribution >= 4 is 16.7 Å². The van der Waals surface area contributed by atoms with E-state index in [0.29, 0.717) is 18.2 Å². The molecule has 3 atom stereocenters. The van der Waals surface area contributed by atoms with E-state index in [1.165, 1.54) is 0 Å². The molecule has 1 aromatic heterocycles. The van der Waals surface area contributed by atoms with Gasteiger partial charge in [0.25, 0.3) is 5.91 Å². The number of benzene rings is 1. The van der Waals surface area contributed by atoms with Crippen LogP contribution in [0.1, 0.15) is 43.1 Å². The minimum atomic E-state index is -0.602. The van der Waals surface area contributed by atoms with Crippen molar-refractivity contribution in [3.63, 3.8) is 0 Å². The van der Waals surface area contributed by atoms with E-state index >= 15 is 0 Å². The van der Waals surface area contributed by atoms with Crippen molar-refractivity contribution in [2.75, 3.05) is 13.1 Å². The quantitative estimate of drug-likeness (QED) is 0.922. The fraction of sp³-hybridized carbons (Fsp3) is 0.500. The van der Waals surface area contributed by atoms with E-state index in [1.807, 2.05) is 35.2 Å². The van der Waals surface area contributed by atoms with Gasteiger partial charge < -0.3 is 10.0 Å². The Bertz CT molecular complexity index is 775. The van der Waals surface area contributed by atoms with Crippen LogP contribution in [0.15, 0.2) is 36.5 Å². The molecule has 1 amide bonds. The minimum absolute atomic E-state index is 0.00592. The largest absolute Gasteiger partial charge is 0.390 e. The number of aromatic nitrogens is 1. The second-order valence-electron chi connectivity index (χ2n) is 7.34. The SMILES string of the molecule is CC[C@]1(O)CCC[C@H]2CN(C(=O)c3cc4ccccc4cn3)C[C@H]21. The number of pyridine rings is 1. The van der Waals surface area contributed by atoms with Gasteiger partial charge in [-0.15, -0.1) is 0 Å². The molecule has 1 aromatic carbocycles. The van der Waals surface area contributed by atoms with Gasteiger partial charge in [-0.1, -0.05) is 37.6 Å². The lowest BCUT2D eigenvalue weighted by atomic mass is 9.69. The van der Waals surface area contributed by atoms with E-state index in [1.54, 1.807) is 6.20 Å². The van der Waals surface area contributed by atoms with Gasteiger partial charge in [0, 0.05) is 30.6 Å². The van der Waals surface area contributed by atoms with Crippen LogP contribution in [-0.2, 0) is 0 Å². The topological polar surface area (TPSA) is 53.4 Å². The fourth-order valence-corrected chi connectivity index (χ4v) is 4.60. The molecule has 24 heavy (non-hydrogen) atoms. The highest BCUT2D eigenvalue weighted by Gasteiger charge is 2.48. The monoisotopic (exact) mass is 324 g/mol. The van der Waals surface area contributed by atoms with Crippen molar-refractivity contribution in [2.24, 2.45) is 11.8 Å². The van der Waals surface area contributed by atoms with Crippen LogP contribution in [0.3, 0.4) is 0 Å². The van der Waals surface area contributed by atoms with Crippen LogP contribution in [0.25, 0.3) is 10.8 Å². The van der Waals surface area contributed by atoms with E-state index in [9.17, 15) is 9.90 Å². The zero-order valence-electron chi connectivity index (χ0n) is 14.1. The molecule has 2 heterocycles. The van der Waals surface area contributed by atoms with Crippen LogP contribution in [0.4, 0.5) is 0 Å². The van der Waals surface area contributed by atoms with Crippen molar-refractivity contribution in [2.45, 2.75) is 38.2 Å². The Morgan fingerprint density at radius 3 is 2.92 bits per heavy atom. The molecular formula is C20H24N2O2. The van der Waals surface area contributed by atoms with E-state index in [4.69, 9.17) is 0 Å². The van der Waals surface area contributed by atoms with Gasteiger partial charge in [-0.25, -0.2) is 0 Å². The second kappa shape index (κ2) is 5.85. The Balaban J connectivity index is 1.58. The van der Waals surface area contributed by atoms with E-state index < -0.39 is 5.60 Å². The Kier molecular flexibility index (Phi) is 3.80. The van der Waals surface area contributed by atoms with Gasteiger partial charge in [0.05, 0.1) is 5.60 Å². The number of hydrogen-bond donors (Lipinski definition) is 1. The van der Waals surface area contributed by atoms with Crippen LogP contribution < -0.4 is 0 Å². The summed E-state index contributed by atoms with van der Waals surface area (Å²) in [6, 6.07) is 9.84. The Morgan fingerprint density at radius 1 is 1.33 bits per heavy atom. The smallest absolute Gasteiger partial charge is 0.272 e. The number of carbonyl (C=O) groups is 1. The number of nitrogens with zero attached hydrogens (tertiary/aromatic N) is 2. The standard InChI is InChI=1S/C20H24N2O2/c1-2-20(24)9-5-8-16-12-22(13-17(16)20)19(23)18-10-14-6-3-4-7-15(14)11-21-18/h3-4,6-7,10-11,16-17,24H,2,5,8-9,12-13H2,1H3/t16-,17+,20-/m0/s1. The molecule has 0 radical (unpaired) electrons. The maximum Gasteiger partial charge on any atom is 0.272 e. The number of likely N-dealkylation sites (tertiary alicyclic amines) is 1. The van der Waals surface area contributed by atoms with Crippen molar-refractivity contribution in [1.29, 1.82) is 0 Å². The van der Waals surface area contributed by atoms with Crippen LogP contribution in [-0.4, -0.2) is 39.6 Å². The molecule has 0 spiro atoms. The first kappa shape index (κ1) is 15.6. The molecule has 4 nitrogen and oxygen atoms in total. The molecule has 1 N–H and O–H groups in total. The zero-order chi connectivity index (χ0) is 16.7. The maximum absolute atomic E-state index is 12.9. The summed E-state index contributed by atoms with van der Waals surface area (Å²) in [6.07, 6.45) is 5.57. The third kappa shape index (κ3) is 2.49. The maximum atomic E-state index is 12.9. The number of aliphatic hydroxyl groups is 1. The number of rotatable bonds is 2. The summed E-state index contributed by atoms with van der Waals surface area (Å²) in [5.41, 5.74) is -0.0956. The molecule has 2 aromatic rings. The average Bonchev–Trinajstić information content (AvgIpc) is 3.06. The van der Waals surface area contributed by atoms with E-state index in [0.717, 1.165) is 43.0 Å². The third-order valence-corrected chi connectivity index (χ3v) is 6.07. The van der Waals surface area contributed by atoms with Gasteiger partial charge in [0.1, 0.15) is 5.69 Å². The molecule has 2 fully saturated rings. The van der Waals surface area contributed by atoms with Crippen molar-refractivity contribution in [3.05, 3.63) is 42.2 Å². The molecular weight excluding hydrogens is 300 g/mol. The van der Waals surface area contributed by atoms with Crippen molar-refractivity contribution < 1.29 is 9.90 Å². The molecule has 1 saturated heterocycles. The summed E-state index contributed by atoms with van der Waals surface area (Å²) in [4.78, 5) is 19.2. The van der Waals surface area contributed by atoms with Gasteiger partial charge in [-0.2, -0.15) is 0 Å². The Morgan fingerprint density at radius 2 is 2.12 bits per heavy atom. The number of amides is 1. The van der Waals surface area contributed by atoms with Crippen molar-refractivity contribution in [3.8, 4) is 0 Å². The summed E-state index contributed by atoms with van der Waals surface area (Å²) in [7, 11) is 0. The van der Waals surface area contributed by atoms with Gasteiger partial charge in [-0.05, 0) is 36.6 Å². The normalized spacial score (nSPS) is 29.7. The molecule has 1 saturated carbocycles. The lowest BCUT2D eigenvalue weighted by Crippen LogP contribution is -2.44. The first-order chi connectivity index (χ1) is 11.6. The summed E-state index contributed by atoms with van der Waals surface area (Å²) in [5, 5.41) is 13.0. The first-order valence-electron chi connectivity index (χ1n) is 8.97. The first-order valence-corrected chi connectivity index (χ1v) is 8.97. The predicted molar refractivity (Wildman–Crippen MR) is 93.7 cm³/mol. The zero-order valence-corrected chi connectivity index (χ0v) is 14.1. The van der Waals surface area contributed by atoms with Crippen LogP contribution in [0, 0.1) is 11.8 Å². The van der Waals surface area contributed by atoms with E-state index in [-0.39, 0.29) is 11.8 Å². The highest BCUT2D eigenvalue weighted by molar-refractivity contribution is 5.96. The molecule has 4 rings (SSSR count). The molecule has 126 valence electrons. The van der Waals surface area contributed by atoms with Gasteiger partial charge in [0.2, 0.25) is 0 Å². The summed E-state index contributed by atoms with van der Waals surface area (Å²) in [6.45, 7) is 3.46. The van der Waals surface area contributed by atoms with Crippen LogP contribution >= 0.6 is 0 Å². The summed E-state index contributed by atoms with van der Waals surface area (Å²) >= 11 is 0. The Labute approximate surface area is 142 Å². The lowest BCUT2D eigenvalue weighted by Gasteiger charge is -2.40. The average molecular weight is 324 g/mol. The fourth-order valence-electron chi connectivity index (χ4n) is 4.60. The molecule has 0 unspecified atom stereocenters. The molecule has 2 aliphatic rings. The van der Waals surface area contributed by atoms with Gasteiger partial charge in [-0.3, -0.25) is 9.78 Å². The van der Waals surface area contributed by atoms with Crippen LogP contribution in [0.2, 0.25) is 0 Å². The molecule has 4 heteroatoms. The third-order valence-electron chi connectivity index (χ3n) is 6.07.